The number of benzene rings is 1. The van der Waals surface area contributed by atoms with E-state index in [1.54, 1.807) is 0 Å². The molecule has 0 atom stereocenters. The molecule has 8 nitrogen and oxygen atoms in total. The zero-order valence-corrected chi connectivity index (χ0v) is 29.6. The van der Waals surface area contributed by atoms with Crippen molar-refractivity contribution in [2.45, 2.75) is 0 Å². The van der Waals surface area contributed by atoms with E-state index >= 15 is 0 Å². The van der Waals surface area contributed by atoms with Gasteiger partial charge in [-0.1, -0.05) is 30.3 Å². The summed E-state index contributed by atoms with van der Waals surface area (Å²) in [4.78, 5) is 14.1. The molecule has 0 saturated heterocycles. The molecule has 5 heterocycles. The molecule has 0 radical (unpaired) electrons. The van der Waals surface area contributed by atoms with Crippen LogP contribution >= 0.6 is 0 Å². The number of quaternary nitrogens is 4. The summed E-state index contributed by atoms with van der Waals surface area (Å²) in [6.07, 6.45) is 6.48. The Hall–Kier alpha value is -4.34. The maximum atomic E-state index is 5.48. The fourth-order valence-corrected chi connectivity index (χ4v) is 6.62. The summed E-state index contributed by atoms with van der Waals surface area (Å²) in [7, 11) is 27.1. The Morgan fingerprint density at radius 3 is 1.70 bits per heavy atom. The second-order valence-electron chi connectivity index (χ2n) is 16.0. The molecule has 0 spiro atoms. The standard InChI is InChI=1S/C38H50N8/c1-43(2,3)33-25-31-23-29-19-18-27(39-29)22-28-20-21-30(40-28)24-32-34(26-16-14-13-15-17-26)37(44(4,5)6)36(42(32)46(10,11)12)38(35(33)41-31)45(7,8)9/h13-25,39H,1-12H3/q+4. The van der Waals surface area contributed by atoms with E-state index in [1.165, 1.54) is 33.7 Å². The van der Waals surface area contributed by atoms with E-state index in [4.69, 9.17) is 9.97 Å². The molecule has 1 aromatic carbocycles. The van der Waals surface area contributed by atoms with Crippen LogP contribution in [0.2, 0.25) is 0 Å². The second-order valence-corrected chi connectivity index (χ2v) is 16.0. The molecule has 0 fully saturated rings. The van der Waals surface area contributed by atoms with E-state index in [2.05, 4.69) is 173 Å². The molecular formula is C38H50N8+4. The first-order chi connectivity index (χ1) is 21.3. The van der Waals surface area contributed by atoms with Crippen LogP contribution in [0.4, 0.5) is 11.4 Å². The van der Waals surface area contributed by atoms with Gasteiger partial charge in [0.2, 0.25) is 5.52 Å². The summed E-state index contributed by atoms with van der Waals surface area (Å²) >= 11 is 0. The van der Waals surface area contributed by atoms with Crippen LogP contribution in [-0.4, -0.2) is 109 Å². The van der Waals surface area contributed by atoms with E-state index in [0.29, 0.717) is 18.0 Å². The highest BCUT2D eigenvalue weighted by Gasteiger charge is 2.42. The van der Waals surface area contributed by atoms with Gasteiger partial charge in [0.1, 0.15) is 5.52 Å². The van der Waals surface area contributed by atoms with Crippen LogP contribution in [0.1, 0.15) is 22.8 Å². The highest BCUT2D eigenvalue weighted by molar-refractivity contribution is 6.06. The third-order valence-electron chi connectivity index (χ3n) is 8.41. The molecule has 8 heteroatoms. The number of nitrogens with one attached hydrogen (secondary N) is 1. The van der Waals surface area contributed by atoms with Crippen LogP contribution in [0.3, 0.4) is 0 Å². The molecule has 0 amide bonds. The van der Waals surface area contributed by atoms with Gasteiger partial charge in [-0.3, -0.25) is 13.4 Å². The van der Waals surface area contributed by atoms with Crippen molar-refractivity contribution in [3.05, 3.63) is 83.4 Å². The average molecular weight is 619 g/mol. The summed E-state index contributed by atoms with van der Waals surface area (Å²) in [5.41, 5.74) is 14.1. The number of aromatic amines is 1. The predicted molar refractivity (Wildman–Crippen MR) is 199 cm³/mol. The van der Waals surface area contributed by atoms with Crippen molar-refractivity contribution in [1.29, 1.82) is 0 Å². The smallest absolute Gasteiger partial charge is 0.218 e. The first-order valence-corrected chi connectivity index (χ1v) is 15.9. The molecule has 0 aliphatic carbocycles. The van der Waals surface area contributed by atoms with Gasteiger partial charge in [0.15, 0.2) is 22.8 Å². The fraction of sp³-hybridized carbons (Fsp3) is 0.316. The van der Waals surface area contributed by atoms with Gasteiger partial charge < -0.3 is 4.98 Å². The Bertz CT molecular complexity index is 2060. The van der Waals surface area contributed by atoms with Gasteiger partial charge in [0.25, 0.3) is 0 Å². The summed E-state index contributed by atoms with van der Waals surface area (Å²) in [6.45, 7) is 0. The molecule has 0 saturated carbocycles. The molecule has 46 heavy (non-hydrogen) atoms. The van der Waals surface area contributed by atoms with Crippen molar-refractivity contribution >= 4 is 57.4 Å². The molecule has 2 aliphatic rings. The van der Waals surface area contributed by atoms with Gasteiger partial charge in [0, 0.05) is 17.1 Å². The Morgan fingerprint density at radius 2 is 1.15 bits per heavy atom. The van der Waals surface area contributed by atoms with Gasteiger partial charge >= 0.3 is 0 Å². The Morgan fingerprint density at radius 1 is 0.587 bits per heavy atom. The van der Waals surface area contributed by atoms with E-state index in [9.17, 15) is 0 Å². The van der Waals surface area contributed by atoms with Crippen LogP contribution in [-0.2, 0) is 0 Å². The maximum absolute atomic E-state index is 5.48. The predicted octanol–water partition coefficient (Wildman–Crippen LogP) is 6.55. The van der Waals surface area contributed by atoms with Crippen LogP contribution in [0.25, 0.3) is 57.1 Å². The number of fused-ring (bicyclic) bond motifs is 8. The molecule has 0 unspecified atom stereocenters. The van der Waals surface area contributed by atoms with Crippen LogP contribution in [0, 0.1) is 0 Å². The second kappa shape index (κ2) is 10.6. The third-order valence-corrected chi connectivity index (χ3v) is 8.41. The highest BCUT2D eigenvalue weighted by Crippen LogP contribution is 2.49. The van der Waals surface area contributed by atoms with Crippen molar-refractivity contribution in [3.63, 3.8) is 0 Å². The van der Waals surface area contributed by atoms with Crippen molar-refractivity contribution < 1.29 is 4.48 Å². The topological polar surface area (TPSA) is 46.5 Å². The molecule has 3 aromatic heterocycles. The van der Waals surface area contributed by atoms with Crippen molar-refractivity contribution in [1.82, 2.24) is 33.2 Å². The first-order valence-electron chi connectivity index (χ1n) is 15.9. The average Bonchev–Trinajstić information content (AvgIpc) is 3.70. The quantitative estimate of drug-likeness (QED) is 0.227. The van der Waals surface area contributed by atoms with E-state index < -0.39 is 0 Å². The molecule has 8 bridgehead atoms. The molecule has 1 N–H and O–H groups in total. The minimum atomic E-state index is 0.549. The minimum absolute atomic E-state index is 0.549. The Labute approximate surface area is 273 Å². The normalized spacial score (nSPS) is 14.1. The third kappa shape index (κ3) is 5.74. The van der Waals surface area contributed by atoms with Crippen LogP contribution in [0.15, 0.2) is 60.7 Å². The maximum Gasteiger partial charge on any atom is 0.218 e. The van der Waals surface area contributed by atoms with E-state index in [0.717, 1.165) is 39.3 Å². The van der Waals surface area contributed by atoms with Crippen molar-refractivity contribution in [2.24, 2.45) is 0 Å². The highest BCUT2D eigenvalue weighted by atomic mass is 15.7. The molecule has 2 aliphatic heterocycles. The summed E-state index contributed by atoms with van der Waals surface area (Å²) in [6, 6.07) is 21.6. The van der Waals surface area contributed by atoms with Gasteiger partial charge in [-0.15, -0.1) is 0 Å². The Kier molecular flexibility index (Phi) is 7.29. The van der Waals surface area contributed by atoms with E-state index in [-0.39, 0.29) is 0 Å². The zero-order chi connectivity index (χ0) is 33.4. The number of nitrogens with zero attached hydrogens (tertiary/aromatic N) is 7. The lowest BCUT2D eigenvalue weighted by atomic mass is 10.0. The van der Waals surface area contributed by atoms with Crippen LogP contribution in [0.5, 0.6) is 0 Å². The number of aromatic nitrogens is 4. The Balaban J connectivity index is 2.03. The monoisotopic (exact) mass is 618 g/mol. The number of rotatable bonds is 5. The first kappa shape index (κ1) is 31.6. The minimum Gasteiger partial charge on any atom is -0.355 e. The van der Waals surface area contributed by atoms with Gasteiger partial charge in [-0.05, 0) is 48.0 Å². The van der Waals surface area contributed by atoms with Crippen molar-refractivity contribution in [3.8, 4) is 11.1 Å². The van der Waals surface area contributed by atoms with Gasteiger partial charge in [-0.2, -0.15) is 4.68 Å². The number of hydrogen-bond donors (Lipinski definition) is 1. The lowest BCUT2D eigenvalue weighted by Crippen LogP contribution is -2.47. The summed E-state index contributed by atoms with van der Waals surface area (Å²) in [5, 5.41) is 0. The number of hydrogen-bond acceptors (Lipinski definition) is 2. The summed E-state index contributed by atoms with van der Waals surface area (Å²) < 4.78 is 4.88. The van der Waals surface area contributed by atoms with Crippen LogP contribution < -0.4 is 13.6 Å². The molecule has 238 valence electrons. The van der Waals surface area contributed by atoms with Crippen molar-refractivity contribution in [2.75, 3.05) is 84.6 Å². The fourth-order valence-electron chi connectivity index (χ4n) is 6.62. The molecule has 6 rings (SSSR count). The molecular weight excluding hydrogens is 568 g/mol. The lowest BCUT2D eigenvalue weighted by molar-refractivity contribution is -0.795. The summed E-state index contributed by atoms with van der Waals surface area (Å²) in [5.74, 6) is 0. The van der Waals surface area contributed by atoms with E-state index in [1.807, 2.05) is 0 Å². The molecule has 4 aromatic rings. The SMILES string of the molecule is C[N+](C)(C)C1=Cc2cc3ccc(cc4nc(cc5c(-c6ccccc6)c([N+](C)(C)C)c(c([N+](C)(C)C)c1n2)n5[N+](C)(C)C)C=C4)[nH]3. The lowest BCUT2D eigenvalue weighted by Gasteiger charge is -2.32. The van der Waals surface area contributed by atoms with Gasteiger partial charge in [0.05, 0.1) is 107 Å². The number of H-pyrrole nitrogens is 1. The zero-order valence-electron chi connectivity index (χ0n) is 29.6. The van der Waals surface area contributed by atoms with Gasteiger partial charge in [-0.25, -0.2) is 14.6 Å². The largest absolute Gasteiger partial charge is 0.355 e.